The second-order valence-corrected chi connectivity index (χ2v) is 2.51. The van der Waals surface area contributed by atoms with Gasteiger partial charge in [-0.2, -0.15) is 0 Å². The van der Waals surface area contributed by atoms with E-state index in [1.807, 2.05) is 12.2 Å². The van der Waals surface area contributed by atoms with Gasteiger partial charge in [-0.25, -0.2) is 0 Å². The van der Waals surface area contributed by atoms with E-state index in [4.69, 9.17) is 0 Å². The predicted molar refractivity (Wildman–Crippen MR) is 54.8 cm³/mol. The normalized spacial score (nSPS) is 9.55. The molecule has 0 heteroatoms. The minimum atomic E-state index is 0. The zero-order chi connectivity index (χ0) is 7.66. The molecule has 66 valence electrons. The van der Waals surface area contributed by atoms with Crippen molar-refractivity contribution in [1.29, 1.82) is 0 Å². The van der Waals surface area contributed by atoms with Gasteiger partial charge in [0.05, 0.1) is 0 Å². The molecule has 0 heterocycles. The van der Waals surface area contributed by atoms with Crippen molar-refractivity contribution >= 4 is 0 Å². The minimum absolute atomic E-state index is 0. The van der Waals surface area contributed by atoms with Crippen molar-refractivity contribution in [2.45, 2.75) is 46.5 Å². The molecular formula is C11H22. The molecule has 0 amide bonds. The van der Waals surface area contributed by atoms with Crippen LogP contribution in [0.3, 0.4) is 0 Å². The lowest BCUT2D eigenvalue weighted by Gasteiger charge is -1.92. The average molecular weight is 154 g/mol. The van der Waals surface area contributed by atoms with E-state index in [0.29, 0.717) is 0 Å². The van der Waals surface area contributed by atoms with Gasteiger partial charge in [-0.15, -0.1) is 0 Å². The highest BCUT2D eigenvalue weighted by atomic mass is 13.9. The van der Waals surface area contributed by atoms with E-state index in [0.717, 1.165) is 0 Å². The standard InChI is InChI=1S/C10H18.CH4/c1-3-5-7-9-10-8-6-4-2;/h3,5,7H,1,4,6,8-10H2,2H3;1H4. The quantitative estimate of drug-likeness (QED) is 0.394. The molecular weight excluding hydrogens is 132 g/mol. The van der Waals surface area contributed by atoms with Gasteiger partial charge in [0, 0.05) is 0 Å². The van der Waals surface area contributed by atoms with Crippen molar-refractivity contribution in [2.75, 3.05) is 0 Å². The Hall–Kier alpha value is -0.520. The van der Waals surface area contributed by atoms with Gasteiger partial charge in [0.25, 0.3) is 0 Å². The fraction of sp³-hybridized carbons (Fsp3) is 0.636. The van der Waals surface area contributed by atoms with Gasteiger partial charge < -0.3 is 0 Å². The van der Waals surface area contributed by atoms with Crippen LogP contribution in [-0.4, -0.2) is 0 Å². The lowest BCUT2D eigenvalue weighted by molar-refractivity contribution is 0.674. The summed E-state index contributed by atoms with van der Waals surface area (Å²) in [5, 5.41) is 0. The monoisotopic (exact) mass is 154 g/mol. The first-order valence-corrected chi connectivity index (χ1v) is 4.19. The van der Waals surface area contributed by atoms with Crippen LogP contribution in [0.1, 0.15) is 46.5 Å². The Morgan fingerprint density at radius 3 is 2.45 bits per heavy atom. The molecule has 0 spiro atoms. The molecule has 0 nitrogen and oxygen atoms in total. The van der Waals surface area contributed by atoms with Crippen LogP contribution in [0, 0.1) is 0 Å². The van der Waals surface area contributed by atoms with Gasteiger partial charge in [0.15, 0.2) is 0 Å². The Bertz CT molecular complexity index is 90.2. The Labute approximate surface area is 72.0 Å². The van der Waals surface area contributed by atoms with Crippen molar-refractivity contribution in [2.24, 2.45) is 0 Å². The number of allylic oxidation sites excluding steroid dienone is 3. The summed E-state index contributed by atoms with van der Waals surface area (Å²) in [6, 6.07) is 0. The lowest BCUT2D eigenvalue weighted by atomic mass is 10.1. The molecule has 0 radical (unpaired) electrons. The lowest BCUT2D eigenvalue weighted by Crippen LogP contribution is -1.72. The van der Waals surface area contributed by atoms with E-state index < -0.39 is 0 Å². The molecule has 0 aliphatic rings. The minimum Gasteiger partial charge on any atom is -0.0991 e. The summed E-state index contributed by atoms with van der Waals surface area (Å²) in [4.78, 5) is 0. The van der Waals surface area contributed by atoms with Crippen LogP contribution >= 0.6 is 0 Å². The summed E-state index contributed by atoms with van der Waals surface area (Å²) in [7, 11) is 0. The molecule has 0 rings (SSSR count). The molecule has 0 saturated heterocycles. The zero-order valence-corrected chi connectivity index (χ0v) is 6.97. The Kier molecular flexibility index (Phi) is 14.5. The molecule has 0 aliphatic carbocycles. The van der Waals surface area contributed by atoms with Crippen molar-refractivity contribution < 1.29 is 0 Å². The molecule has 11 heavy (non-hydrogen) atoms. The van der Waals surface area contributed by atoms with Crippen molar-refractivity contribution in [3.05, 3.63) is 24.8 Å². The Morgan fingerprint density at radius 1 is 1.18 bits per heavy atom. The van der Waals surface area contributed by atoms with Crippen LogP contribution in [0.15, 0.2) is 24.8 Å². The summed E-state index contributed by atoms with van der Waals surface area (Å²) in [5.41, 5.74) is 0. The van der Waals surface area contributed by atoms with Gasteiger partial charge in [-0.05, 0) is 12.8 Å². The molecule has 0 N–H and O–H groups in total. The maximum absolute atomic E-state index is 3.61. The van der Waals surface area contributed by atoms with Crippen LogP contribution in [0.4, 0.5) is 0 Å². The van der Waals surface area contributed by atoms with Crippen LogP contribution in [0.2, 0.25) is 0 Å². The third-order valence-electron chi connectivity index (χ3n) is 1.50. The average Bonchev–Trinajstić information content (AvgIpc) is 1.97. The molecule has 0 aliphatic heterocycles. The Morgan fingerprint density at radius 2 is 1.91 bits per heavy atom. The molecule has 0 unspecified atom stereocenters. The van der Waals surface area contributed by atoms with Crippen LogP contribution < -0.4 is 0 Å². The maximum atomic E-state index is 3.61. The summed E-state index contributed by atoms with van der Waals surface area (Å²) in [5.74, 6) is 0. The highest BCUT2D eigenvalue weighted by molar-refractivity contribution is 4.96. The van der Waals surface area contributed by atoms with Gasteiger partial charge in [-0.3, -0.25) is 0 Å². The van der Waals surface area contributed by atoms with E-state index in [1.54, 1.807) is 0 Å². The van der Waals surface area contributed by atoms with Crippen molar-refractivity contribution in [1.82, 2.24) is 0 Å². The molecule has 0 aromatic carbocycles. The maximum Gasteiger partial charge on any atom is -0.0348 e. The smallest absolute Gasteiger partial charge is 0.0348 e. The largest absolute Gasteiger partial charge is 0.0991 e. The van der Waals surface area contributed by atoms with Crippen molar-refractivity contribution in [3.63, 3.8) is 0 Å². The van der Waals surface area contributed by atoms with E-state index in [-0.39, 0.29) is 7.43 Å². The predicted octanol–water partition coefficient (Wildman–Crippen LogP) is 4.34. The zero-order valence-electron chi connectivity index (χ0n) is 6.97. The topological polar surface area (TPSA) is 0 Å². The summed E-state index contributed by atoms with van der Waals surface area (Å²) in [6.45, 7) is 5.84. The second kappa shape index (κ2) is 12.2. The number of hydrogen-bond acceptors (Lipinski definition) is 0. The molecule has 0 aromatic heterocycles. The number of rotatable bonds is 6. The van der Waals surface area contributed by atoms with E-state index in [2.05, 4.69) is 19.6 Å². The first-order valence-electron chi connectivity index (χ1n) is 4.19. The van der Waals surface area contributed by atoms with Gasteiger partial charge in [0.1, 0.15) is 0 Å². The molecule has 0 bridgehead atoms. The fourth-order valence-corrected chi connectivity index (χ4v) is 0.881. The first kappa shape index (κ1) is 13.1. The highest BCUT2D eigenvalue weighted by Crippen LogP contribution is 2.02. The first-order chi connectivity index (χ1) is 4.91. The molecule has 0 aromatic rings. The summed E-state index contributed by atoms with van der Waals surface area (Å²) >= 11 is 0. The molecule has 0 atom stereocenters. The van der Waals surface area contributed by atoms with Crippen LogP contribution in [-0.2, 0) is 0 Å². The van der Waals surface area contributed by atoms with Crippen LogP contribution in [0.25, 0.3) is 0 Å². The SMILES string of the molecule is C.C=CC=CCCCCCC. The summed E-state index contributed by atoms with van der Waals surface area (Å²) in [6.07, 6.45) is 12.7. The van der Waals surface area contributed by atoms with Gasteiger partial charge in [0.2, 0.25) is 0 Å². The van der Waals surface area contributed by atoms with Crippen LogP contribution in [0.5, 0.6) is 0 Å². The molecule has 0 fully saturated rings. The van der Waals surface area contributed by atoms with Gasteiger partial charge >= 0.3 is 0 Å². The second-order valence-electron chi connectivity index (χ2n) is 2.51. The third kappa shape index (κ3) is 12.6. The molecule has 0 saturated carbocycles. The van der Waals surface area contributed by atoms with E-state index in [1.165, 1.54) is 32.1 Å². The van der Waals surface area contributed by atoms with E-state index >= 15 is 0 Å². The van der Waals surface area contributed by atoms with E-state index in [9.17, 15) is 0 Å². The fourth-order valence-electron chi connectivity index (χ4n) is 0.881. The number of hydrogen-bond donors (Lipinski definition) is 0. The number of unbranched alkanes of at least 4 members (excludes halogenated alkanes) is 4. The third-order valence-corrected chi connectivity index (χ3v) is 1.50. The van der Waals surface area contributed by atoms with Gasteiger partial charge in [-0.1, -0.05) is 58.4 Å². The van der Waals surface area contributed by atoms with Crippen molar-refractivity contribution in [3.8, 4) is 0 Å². The Balaban J connectivity index is 0. The summed E-state index contributed by atoms with van der Waals surface area (Å²) < 4.78 is 0. The highest BCUT2D eigenvalue weighted by Gasteiger charge is 1.82.